The van der Waals surface area contributed by atoms with E-state index in [-0.39, 0.29) is 6.54 Å². The number of hydrogen-bond acceptors (Lipinski definition) is 4. The third-order valence-corrected chi connectivity index (χ3v) is 4.40. The number of halogens is 4. The molecule has 0 radical (unpaired) electrons. The van der Waals surface area contributed by atoms with Crippen LogP contribution in [0, 0.1) is 0 Å². The van der Waals surface area contributed by atoms with E-state index in [1.807, 2.05) is 30.3 Å². The second kappa shape index (κ2) is 6.25. The molecule has 0 spiro atoms. The van der Waals surface area contributed by atoms with Crippen LogP contribution in [-0.2, 0) is 0 Å². The molecule has 0 amide bonds. The molecule has 4 rings (SSSR count). The van der Waals surface area contributed by atoms with Crippen LogP contribution in [0.15, 0.2) is 63.7 Å². The monoisotopic (exact) mass is 376 g/mol. The summed E-state index contributed by atoms with van der Waals surface area (Å²) in [5, 5.41) is 7.62. The van der Waals surface area contributed by atoms with E-state index in [4.69, 9.17) is 11.6 Å². The summed E-state index contributed by atoms with van der Waals surface area (Å²) in [6, 6.07) is 14.5. The minimum Gasteiger partial charge on any atom is -0.320 e. The lowest BCUT2D eigenvalue weighted by molar-refractivity contribution is -0.0599. The molecule has 26 heavy (non-hydrogen) atoms. The molecule has 0 aliphatic carbocycles. The van der Waals surface area contributed by atoms with E-state index in [0.717, 1.165) is 5.56 Å². The molecule has 0 saturated carbocycles. The van der Waals surface area contributed by atoms with Crippen LogP contribution in [0.3, 0.4) is 0 Å². The molecule has 2 aromatic carbocycles. The molecule has 2 aromatic rings. The Morgan fingerprint density at radius 2 is 1.77 bits per heavy atom. The van der Waals surface area contributed by atoms with Crippen LogP contribution in [0.25, 0.3) is 0 Å². The molecule has 0 atom stereocenters. The lowest BCUT2D eigenvalue weighted by Gasteiger charge is -2.28. The standard InChI is InChI=1S/C18H12ClF3N4/c19-12-6-7-14-13(8-12)17(11-4-2-1-3-5-11)23-9-16-25-24-15(10-26(14)16)18(20,21)22/h1-8H,9-10H2. The highest BCUT2D eigenvalue weighted by Crippen LogP contribution is 2.32. The Labute approximate surface area is 152 Å². The highest BCUT2D eigenvalue weighted by Gasteiger charge is 2.40. The molecular weight excluding hydrogens is 365 g/mol. The Kier molecular flexibility index (Phi) is 4.03. The number of fused-ring (bicyclic) bond motifs is 3. The van der Waals surface area contributed by atoms with Gasteiger partial charge in [-0.2, -0.15) is 13.2 Å². The van der Waals surface area contributed by atoms with Crippen LogP contribution in [0.5, 0.6) is 0 Å². The van der Waals surface area contributed by atoms with Crippen molar-refractivity contribution in [2.45, 2.75) is 6.18 Å². The molecule has 0 bridgehead atoms. The summed E-state index contributed by atoms with van der Waals surface area (Å²) in [5.74, 6) is 0.368. The second-order valence-electron chi connectivity index (χ2n) is 5.84. The van der Waals surface area contributed by atoms with Gasteiger partial charge in [0.05, 0.1) is 24.5 Å². The van der Waals surface area contributed by atoms with Gasteiger partial charge in [-0.15, -0.1) is 10.2 Å². The zero-order valence-electron chi connectivity index (χ0n) is 13.3. The van der Waals surface area contributed by atoms with E-state index in [9.17, 15) is 13.2 Å². The van der Waals surface area contributed by atoms with Crippen molar-refractivity contribution in [3.63, 3.8) is 0 Å². The molecule has 8 heteroatoms. The van der Waals surface area contributed by atoms with Crippen molar-refractivity contribution in [2.24, 2.45) is 15.2 Å². The molecule has 0 fully saturated rings. The van der Waals surface area contributed by atoms with Crippen molar-refractivity contribution in [1.82, 2.24) is 0 Å². The highest BCUT2D eigenvalue weighted by molar-refractivity contribution is 6.32. The van der Waals surface area contributed by atoms with Crippen LogP contribution >= 0.6 is 11.6 Å². The number of nitrogens with zero attached hydrogens (tertiary/aromatic N) is 4. The largest absolute Gasteiger partial charge is 0.433 e. The van der Waals surface area contributed by atoms with Gasteiger partial charge >= 0.3 is 6.18 Å². The van der Waals surface area contributed by atoms with Gasteiger partial charge in [0, 0.05) is 16.1 Å². The zero-order valence-corrected chi connectivity index (χ0v) is 14.1. The number of aliphatic imine (C=N–C) groups is 1. The van der Waals surface area contributed by atoms with E-state index >= 15 is 0 Å². The number of hydrogen-bond donors (Lipinski definition) is 0. The van der Waals surface area contributed by atoms with Crippen molar-refractivity contribution in [3.05, 3.63) is 64.7 Å². The molecule has 0 unspecified atom stereocenters. The summed E-state index contributed by atoms with van der Waals surface area (Å²) in [6.45, 7) is -0.278. The first kappa shape index (κ1) is 16.8. The maximum Gasteiger partial charge on any atom is 0.433 e. The van der Waals surface area contributed by atoms with E-state index in [0.29, 0.717) is 27.8 Å². The SMILES string of the molecule is FC(F)(F)C1=NN=C2CN=C(c3ccccc3)c3cc(Cl)ccc3N2C1. The van der Waals surface area contributed by atoms with Crippen LogP contribution in [-0.4, -0.2) is 36.5 Å². The Bertz CT molecular complexity index is 949. The second-order valence-corrected chi connectivity index (χ2v) is 6.28. The third kappa shape index (κ3) is 2.99. The van der Waals surface area contributed by atoms with Gasteiger partial charge < -0.3 is 4.90 Å². The van der Waals surface area contributed by atoms with E-state index < -0.39 is 18.4 Å². The van der Waals surface area contributed by atoms with Gasteiger partial charge in [0.15, 0.2) is 11.5 Å². The molecule has 2 aliphatic rings. The van der Waals surface area contributed by atoms with Crippen LogP contribution < -0.4 is 4.90 Å². The van der Waals surface area contributed by atoms with Crippen molar-refractivity contribution in [2.75, 3.05) is 18.0 Å². The van der Waals surface area contributed by atoms with E-state index in [1.54, 1.807) is 18.2 Å². The first-order chi connectivity index (χ1) is 12.4. The lowest BCUT2D eigenvalue weighted by Crippen LogP contribution is -2.44. The summed E-state index contributed by atoms with van der Waals surface area (Å²) < 4.78 is 39.3. The number of benzene rings is 2. The topological polar surface area (TPSA) is 40.3 Å². The fourth-order valence-corrected chi connectivity index (χ4v) is 3.12. The average molecular weight is 377 g/mol. The highest BCUT2D eigenvalue weighted by atomic mass is 35.5. The van der Waals surface area contributed by atoms with Gasteiger partial charge in [0.25, 0.3) is 0 Å². The van der Waals surface area contributed by atoms with Crippen LogP contribution in [0.1, 0.15) is 11.1 Å². The Morgan fingerprint density at radius 1 is 1.00 bits per heavy atom. The third-order valence-electron chi connectivity index (χ3n) is 4.16. The number of rotatable bonds is 1. The number of anilines is 1. The molecule has 2 aliphatic heterocycles. The van der Waals surface area contributed by atoms with Crippen LogP contribution in [0.2, 0.25) is 5.02 Å². The van der Waals surface area contributed by atoms with Gasteiger partial charge in [-0.25, -0.2) is 0 Å². The molecule has 0 aromatic heterocycles. The fourth-order valence-electron chi connectivity index (χ4n) is 2.94. The van der Waals surface area contributed by atoms with Crippen molar-refractivity contribution >= 4 is 34.5 Å². The normalized spacial score (nSPS) is 16.8. The fraction of sp³-hybridized carbons (Fsp3) is 0.167. The average Bonchev–Trinajstić information content (AvgIpc) is 2.77. The number of amidine groups is 1. The summed E-state index contributed by atoms with van der Waals surface area (Å²) in [5.41, 5.74) is 1.81. The van der Waals surface area contributed by atoms with Crippen LogP contribution in [0.4, 0.5) is 18.9 Å². The van der Waals surface area contributed by atoms with Crippen molar-refractivity contribution in [3.8, 4) is 0 Å². The van der Waals surface area contributed by atoms with E-state index in [1.165, 1.54) is 4.90 Å². The van der Waals surface area contributed by atoms with Gasteiger partial charge in [0.2, 0.25) is 0 Å². The molecule has 0 N–H and O–H groups in total. The maximum atomic E-state index is 13.1. The Balaban J connectivity index is 1.86. The summed E-state index contributed by atoms with van der Waals surface area (Å²) in [4.78, 5) is 6.08. The minimum atomic E-state index is -4.53. The summed E-state index contributed by atoms with van der Waals surface area (Å²) in [6.07, 6.45) is -4.53. The molecular formula is C18H12ClF3N4. The maximum absolute atomic E-state index is 13.1. The van der Waals surface area contributed by atoms with Crippen molar-refractivity contribution < 1.29 is 13.2 Å². The Hall–Kier alpha value is -2.67. The quantitative estimate of drug-likeness (QED) is 0.730. The van der Waals surface area contributed by atoms with Gasteiger partial charge in [0.1, 0.15) is 0 Å². The smallest absolute Gasteiger partial charge is 0.320 e. The first-order valence-corrected chi connectivity index (χ1v) is 8.19. The predicted octanol–water partition coefficient (Wildman–Crippen LogP) is 4.33. The summed E-state index contributed by atoms with van der Waals surface area (Å²) >= 11 is 6.15. The molecule has 2 heterocycles. The summed E-state index contributed by atoms with van der Waals surface area (Å²) in [7, 11) is 0. The van der Waals surface area contributed by atoms with Gasteiger partial charge in [-0.3, -0.25) is 4.99 Å². The zero-order chi connectivity index (χ0) is 18.3. The number of alkyl halides is 3. The minimum absolute atomic E-state index is 0.130. The first-order valence-electron chi connectivity index (χ1n) is 7.81. The molecule has 132 valence electrons. The van der Waals surface area contributed by atoms with Gasteiger partial charge in [-0.1, -0.05) is 41.9 Å². The molecule has 4 nitrogen and oxygen atoms in total. The van der Waals surface area contributed by atoms with Crippen molar-refractivity contribution in [1.29, 1.82) is 0 Å². The van der Waals surface area contributed by atoms with Gasteiger partial charge in [-0.05, 0) is 18.2 Å². The Morgan fingerprint density at radius 3 is 2.50 bits per heavy atom. The van der Waals surface area contributed by atoms with E-state index in [2.05, 4.69) is 15.2 Å². The predicted molar refractivity (Wildman–Crippen MR) is 96.7 cm³/mol. The molecule has 0 saturated heterocycles. The lowest BCUT2D eigenvalue weighted by atomic mass is 10.00.